The Kier molecular flexibility index (Phi) is 4.40. The molecule has 0 saturated carbocycles. The number of benzene rings is 3. The molecular formula is C26H20N6O. The normalized spacial score (nSPS) is 11.5. The lowest BCUT2D eigenvalue weighted by Gasteiger charge is -2.11. The van der Waals surface area contributed by atoms with Crippen molar-refractivity contribution in [3.63, 3.8) is 0 Å². The molecule has 0 radical (unpaired) electrons. The quantitative estimate of drug-likeness (QED) is 0.455. The zero-order valence-electron chi connectivity index (χ0n) is 17.7. The number of imidazole rings is 1. The molecule has 160 valence electrons. The van der Waals surface area contributed by atoms with Crippen molar-refractivity contribution in [1.29, 1.82) is 0 Å². The van der Waals surface area contributed by atoms with E-state index in [0.29, 0.717) is 24.3 Å². The van der Waals surface area contributed by atoms with E-state index in [9.17, 15) is 4.79 Å². The SMILES string of the molecule is Nc1nc(=O)c2c(ncn2Cc2ccc3ccccc3c2)n1Cc1ccc2ccccc2n1. The number of para-hydroxylation sites is 1. The number of hydrogen-bond donors (Lipinski definition) is 1. The lowest BCUT2D eigenvalue weighted by atomic mass is 10.1. The summed E-state index contributed by atoms with van der Waals surface area (Å²) >= 11 is 0. The molecule has 0 saturated heterocycles. The average Bonchev–Trinajstić information content (AvgIpc) is 3.25. The number of aromatic nitrogens is 5. The molecule has 7 heteroatoms. The lowest BCUT2D eigenvalue weighted by Crippen LogP contribution is -2.20. The van der Waals surface area contributed by atoms with E-state index in [1.165, 1.54) is 5.39 Å². The van der Waals surface area contributed by atoms with Crippen molar-refractivity contribution >= 4 is 38.8 Å². The third-order valence-corrected chi connectivity index (χ3v) is 5.91. The van der Waals surface area contributed by atoms with E-state index in [1.54, 1.807) is 10.9 Å². The number of pyridine rings is 1. The van der Waals surface area contributed by atoms with Crippen molar-refractivity contribution in [2.75, 3.05) is 5.73 Å². The van der Waals surface area contributed by atoms with Gasteiger partial charge in [-0.2, -0.15) is 4.98 Å². The van der Waals surface area contributed by atoms with Crippen molar-refractivity contribution in [3.05, 3.63) is 107 Å². The van der Waals surface area contributed by atoms with Crippen LogP contribution in [0.25, 0.3) is 32.8 Å². The van der Waals surface area contributed by atoms with Gasteiger partial charge in [-0.3, -0.25) is 14.3 Å². The van der Waals surface area contributed by atoms with E-state index in [1.807, 2.05) is 53.1 Å². The summed E-state index contributed by atoms with van der Waals surface area (Å²) in [6.45, 7) is 0.879. The fourth-order valence-corrected chi connectivity index (χ4v) is 4.28. The van der Waals surface area contributed by atoms with Gasteiger partial charge in [-0.15, -0.1) is 0 Å². The number of fused-ring (bicyclic) bond motifs is 3. The predicted molar refractivity (Wildman–Crippen MR) is 130 cm³/mol. The van der Waals surface area contributed by atoms with Gasteiger partial charge in [0.15, 0.2) is 11.2 Å². The highest BCUT2D eigenvalue weighted by molar-refractivity contribution is 5.83. The maximum atomic E-state index is 12.8. The maximum Gasteiger partial charge on any atom is 0.300 e. The van der Waals surface area contributed by atoms with Gasteiger partial charge in [0, 0.05) is 11.9 Å². The molecule has 0 fully saturated rings. The Morgan fingerprint density at radius 2 is 1.55 bits per heavy atom. The summed E-state index contributed by atoms with van der Waals surface area (Å²) in [5.41, 5.74) is 9.49. The Morgan fingerprint density at radius 1 is 0.788 bits per heavy atom. The molecule has 0 unspecified atom stereocenters. The van der Waals surface area contributed by atoms with Crippen molar-refractivity contribution < 1.29 is 0 Å². The molecule has 6 aromatic rings. The van der Waals surface area contributed by atoms with Gasteiger partial charge in [0.05, 0.1) is 24.1 Å². The van der Waals surface area contributed by atoms with Crippen LogP contribution < -0.4 is 11.3 Å². The number of nitrogens with zero attached hydrogens (tertiary/aromatic N) is 5. The smallest absolute Gasteiger partial charge is 0.300 e. The van der Waals surface area contributed by atoms with Gasteiger partial charge < -0.3 is 10.3 Å². The van der Waals surface area contributed by atoms with Crippen LogP contribution in [0.4, 0.5) is 5.95 Å². The summed E-state index contributed by atoms with van der Waals surface area (Å²) in [7, 11) is 0. The van der Waals surface area contributed by atoms with Crippen molar-refractivity contribution in [2.24, 2.45) is 0 Å². The fraction of sp³-hybridized carbons (Fsp3) is 0.0769. The van der Waals surface area contributed by atoms with E-state index >= 15 is 0 Å². The molecule has 6 rings (SSSR count). The van der Waals surface area contributed by atoms with Crippen LogP contribution in [0.5, 0.6) is 0 Å². The molecule has 3 aromatic heterocycles. The summed E-state index contributed by atoms with van der Waals surface area (Å²) in [5.74, 6) is 0.124. The predicted octanol–water partition coefficient (Wildman–Crippen LogP) is 3.97. The van der Waals surface area contributed by atoms with Crippen molar-refractivity contribution in [2.45, 2.75) is 13.1 Å². The van der Waals surface area contributed by atoms with Crippen LogP contribution in [0.15, 0.2) is 90.0 Å². The summed E-state index contributed by atoms with van der Waals surface area (Å²) in [5, 5.41) is 3.40. The molecular weight excluding hydrogens is 412 g/mol. The van der Waals surface area contributed by atoms with Crippen LogP contribution >= 0.6 is 0 Å². The summed E-state index contributed by atoms with van der Waals surface area (Å²) in [6, 6.07) is 26.4. The Hall–Kier alpha value is -4.52. The van der Waals surface area contributed by atoms with Crippen LogP contribution in [0, 0.1) is 0 Å². The van der Waals surface area contributed by atoms with Crippen LogP contribution in [-0.4, -0.2) is 24.1 Å². The molecule has 0 atom stereocenters. The van der Waals surface area contributed by atoms with E-state index in [0.717, 1.165) is 27.5 Å². The number of hydrogen-bond acceptors (Lipinski definition) is 5. The van der Waals surface area contributed by atoms with E-state index in [-0.39, 0.29) is 11.5 Å². The van der Waals surface area contributed by atoms with Crippen molar-refractivity contribution in [3.8, 4) is 0 Å². The average molecular weight is 432 g/mol. The summed E-state index contributed by atoms with van der Waals surface area (Å²) in [4.78, 5) is 26.1. The van der Waals surface area contributed by atoms with Gasteiger partial charge in [-0.05, 0) is 34.5 Å². The Labute approximate surface area is 188 Å². The van der Waals surface area contributed by atoms with Gasteiger partial charge in [-0.25, -0.2) is 4.98 Å². The first-order valence-corrected chi connectivity index (χ1v) is 10.7. The molecule has 0 aliphatic carbocycles. The molecule has 0 aliphatic heterocycles. The Balaban J connectivity index is 1.41. The Bertz CT molecular complexity index is 1720. The van der Waals surface area contributed by atoms with Gasteiger partial charge >= 0.3 is 5.56 Å². The highest BCUT2D eigenvalue weighted by atomic mass is 16.1. The van der Waals surface area contributed by atoms with Gasteiger partial charge in [0.1, 0.15) is 0 Å². The monoisotopic (exact) mass is 432 g/mol. The van der Waals surface area contributed by atoms with E-state index in [2.05, 4.69) is 40.3 Å². The minimum absolute atomic E-state index is 0.124. The van der Waals surface area contributed by atoms with Crippen LogP contribution in [0.1, 0.15) is 11.3 Å². The molecule has 7 nitrogen and oxygen atoms in total. The number of anilines is 1. The molecule has 0 amide bonds. The minimum Gasteiger partial charge on any atom is -0.369 e. The first-order valence-electron chi connectivity index (χ1n) is 10.7. The number of rotatable bonds is 4. The maximum absolute atomic E-state index is 12.8. The summed E-state index contributed by atoms with van der Waals surface area (Å²) in [6.07, 6.45) is 1.67. The largest absolute Gasteiger partial charge is 0.369 e. The zero-order chi connectivity index (χ0) is 22.4. The highest BCUT2D eigenvalue weighted by Crippen LogP contribution is 2.20. The van der Waals surface area contributed by atoms with Crippen LogP contribution in [0.2, 0.25) is 0 Å². The molecule has 0 spiro atoms. The Morgan fingerprint density at radius 3 is 2.42 bits per heavy atom. The third kappa shape index (κ3) is 3.40. The van der Waals surface area contributed by atoms with Crippen molar-refractivity contribution in [1.82, 2.24) is 24.1 Å². The number of nitrogens with two attached hydrogens (primary N) is 1. The standard InChI is InChI=1S/C26H20N6O/c27-26-30-25(33)23-24(32(26)15-21-12-11-19-6-3-4-8-22(19)29-21)28-16-31(23)14-17-9-10-18-5-1-2-7-20(18)13-17/h1-13,16H,14-15H2,(H2,27,30,33). The fourth-order valence-electron chi connectivity index (χ4n) is 4.28. The first kappa shape index (κ1) is 19.2. The molecule has 2 N–H and O–H groups in total. The second-order valence-corrected chi connectivity index (χ2v) is 8.08. The second kappa shape index (κ2) is 7.56. The zero-order valence-corrected chi connectivity index (χ0v) is 17.7. The lowest BCUT2D eigenvalue weighted by molar-refractivity contribution is 0.781. The van der Waals surface area contributed by atoms with Gasteiger partial charge in [0.2, 0.25) is 5.95 Å². The molecule has 3 heterocycles. The first-order chi connectivity index (χ1) is 16.2. The van der Waals surface area contributed by atoms with E-state index < -0.39 is 0 Å². The third-order valence-electron chi connectivity index (χ3n) is 5.91. The topological polar surface area (TPSA) is 91.6 Å². The summed E-state index contributed by atoms with van der Waals surface area (Å²) < 4.78 is 3.57. The molecule has 3 aromatic carbocycles. The molecule has 33 heavy (non-hydrogen) atoms. The molecule has 0 bridgehead atoms. The van der Waals surface area contributed by atoms with Gasteiger partial charge in [0.25, 0.3) is 0 Å². The van der Waals surface area contributed by atoms with Crippen LogP contribution in [-0.2, 0) is 13.1 Å². The molecule has 0 aliphatic rings. The van der Waals surface area contributed by atoms with E-state index in [4.69, 9.17) is 10.7 Å². The second-order valence-electron chi connectivity index (χ2n) is 8.08. The minimum atomic E-state index is -0.386. The highest BCUT2D eigenvalue weighted by Gasteiger charge is 2.16. The van der Waals surface area contributed by atoms with Crippen LogP contribution in [0.3, 0.4) is 0 Å². The number of nitrogen functional groups attached to an aromatic ring is 1. The van der Waals surface area contributed by atoms with Gasteiger partial charge in [-0.1, -0.05) is 60.7 Å².